The lowest BCUT2D eigenvalue weighted by Gasteiger charge is -2.10. The van der Waals surface area contributed by atoms with Crippen LogP contribution in [-0.2, 0) is 19.1 Å². The minimum atomic E-state index is -0.491. The first-order chi connectivity index (χ1) is 13.7. The Morgan fingerprint density at radius 3 is 2.21 bits per heavy atom. The van der Waals surface area contributed by atoms with Gasteiger partial charge < -0.3 is 14.2 Å². The minimum Gasteiger partial charge on any atom is -0.482 e. The Balaban J connectivity index is 1.92. The third kappa shape index (κ3) is 7.29. The predicted octanol–water partition coefficient (Wildman–Crippen LogP) is 3.11. The Morgan fingerprint density at radius 1 is 0.786 bits per heavy atom. The van der Waals surface area contributed by atoms with E-state index in [0.29, 0.717) is 29.6 Å². The van der Waals surface area contributed by atoms with E-state index in [1.807, 2.05) is 36.4 Å². The summed E-state index contributed by atoms with van der Waals surface area (Å²) in [6.07, 6.45) is 7.69. The van der Waals surface area contributed by atoms with Crippen LogP contribution in [0.1, 0.15) is 11.1 Å². The number of aldehydes is 2. The largest absolute Gasteiger partial charge is 0.482 e. The molecule has 28 heavy (non-hydrogen) atoms. The Kier molecular flexibility index (Phi) is 8.74. The molecule has 0 N–H and O–H groups in total. The van der Waals surface area contributed by atoms with E-state index in [0.717, 1.165) is 5.56 Å². The lowest BCUT2D eigenvalue weighted by atomic mass is 10.2. The van der Waals surface area contributed by atoms with Crippen molar-refractivity contribution >= 4 is 30.7 Å². The van der Waals surface area contributed by atoms with Crippen LogP contribution in [0.2, 0.25) is 0 Å². The molecule has 0 saturated heterocycles. The maximum atomic E-state index is 11.8. The van der Waals surface area contributed by atoms with Gasteiger partial charge in [0.05, 0.1) is 0 Å². The molecule has 0 aliphatic rings. The van der Waals surface area contributed by atoms with E-state index in [4.69, 9.17) is 14.2 Å². The molecule has 0 aromatic heterocycles. The summed E-state index contributed by atoms with van der Waals surface area (Å²) in [4.78, 5) is 32.8. The summed E-state index contributed by atoms with van der Waals surface area (Å²) in [5.74, 6) is 0.143. The van der Waals surface area contributed by atoms with Crippen LogP contribution in [0.4, 0.5) is 0 Å². The van der Waals surface area contributed by atoms with Crippen LogP contribution in [-0.4, -0.2) is 38.4 Å². The van der Waals surface area contributed by atoms with Crippen LogP contribution in [0.15, 0.2) is 60.7 Å². The van der Waals surface area contributed by atoms with Gasteiger partial charge in [0, 0.05) is 6.08 Å². The zero-order chi connectivity index (χ0) is 20.0. The number of ether oxygens (including phenoxy) is 3. The molecular formula is C22H20O6. The fraction of sp³-hybridized carbons (Fsp3) is 0.136. The van der Waals surface area contributed by atoms with Gasteiger partial charge in [-0.15, -0.1) is 0 Å². The molecule has 2 rings (SSSR count). The van der Waals surface area contributed by atoms with Crippen molar-refractivity contribution in [1.82, 2.24) is 0 Å². The van der Waals surface area contributed by atoms with Gasteiger partial charge in [0.15, 0.2) is 24.1 Å². The van der Waals surface area contributed by atoms with Crippen LogP contribution < -0.4 is 9.47 Å². The topological polar surface area (TPSA) is 78.9 Å². The van der Waals surface area contributed by atoms with Crippen molar-refractivity contribution in [3.63, 3.8) is 0 Å². The quantitative estimate of drug-likeness (QED) is 0.339. The summed E-state index contributed by atoms with van der Waals surface area (Å²) in [6.45, 7) is -0.125. The third-order valence-corrected chi connectivity index (χ3v) is 3.43. The highest BCUT2D eigenvalue weighted by Crippen LogP contribution is 2.28. The fourth-order valence-corrected chi connectivity index (χ4v) is 2.20. The summed E-state index contributed by atoms with van der Waals surface area (Å²) in [5.41, 5.74) is 1.67. The van der Waals surface area contributed by atoms with Crippen molar-refractivity contribution in [2.24, 2.45) is 0 Å². The lowest BCUT2D eigenvalue weighted by Crippen LogP contribution is -2.03. The average Bonchev–Trinajstić information content (AvgIpc) is 2.73. The molecule has 6 heteroatoms. The second kappa shape index (κ2) is 11.9. The Morgan fingerprint density at radius 2 is 1.50 bits per heavy atom. The second-order valence-electron chi connectivity index (χ2n) is 5.44. The van der Waals surface area contributed by atoms with E-state index in [1.165, 1.54) is 6.08 Å². The van der Waals surface area contributed by atoms with Gasteiger partial charge in [0.2, 0.25) is 0 Å². The van der Waals surface area contributed by atoms with Gasteiger partial charge >= 0.3 is 5.97 Å². The van der Waals surface area contributed by atoms with Gasteiger partial charge in [-0.05, 0) is 35.4 Å². The average molecular weight is 380 g/mol. The maximum Gasteiger partial charge on any atom is 0.331 e. The summed E-state index contributed by atoms with van der Waals surface area (Å²) in [6, 6.07) is 14.6. The number of rotatable bonds is 11. The molecule has 0 aliphatic carbocycles. The van der Waals surface area contributed by atoms with Crippen molar-refractivity contribution < 1.29 is 28.6 Å². The first-order valence-corrected chi connectivity index (χ1v) is 8.56. The van der Waals surface area contributed by atoms with E-state index in [-0.39, 0.29) is 19.8 Å². The number of benzene rings is 2. The smallest absolute Gasteiger partial charge is 0.331 e. The third-order valence-electron chi connectivity index (χ3n) is 3.43. The van der Waals surface area contributed by atoms with Crippen molar-refractivity contribution in [3.05, 3.63) is 71.8 Å². The summed E-state index contributed by atoms with van der Waals surface area (Å²) in [5, 5.41) is 0. The predicted molar refractivity (Wildman–Crippen MR) is 105 cm³/mol. The zero-order valence-electron chi connectivity index (χ0n) is 15.2. The molecule has 0 bridgehead atoms. The molecule has 0 spiro atoms. The molecule has 0 atom stereocenters. The van der Waals surface area contributed by atoms with Crippen molar-refractivity contribution in [3.8, 4) is 11.5 Å². The number of hydrogen-bond acceptors (Lipinski definition) is 6. The monoisotopic (exact) mass is 380 g/mol. The first kappa shape index (κ1) is 20.6. The molecule has 0 unspecified atom stereocenters. The molecule has 0 fully saturated rings. The van der Waals surface area contributed by atoms with Crippen molar-refractivity contribution in [2.75, 3.05) is 19.8 Å². The van der Waals surface area contributed by atoms with E-state index in [2.05, 4.69) is 0 Å². The number of esters is 1. The second-order valence-corrected chi connectivity index (χ2v) is 5.44. The van der Waals surface area contributed by atoms with Gasteiger partial charge in [0.1, 0.15) is 19.8 Å². The maximum absolute atomic E-state index is 11.8. The van der Waals surface area contributed by atoms with Crippen molar-refractivity contribution in [2.45, 2.75) is 0 Å². The Labute approximate surface area is 163 Å². The molecule has 6 nitrogen and oxygen atoms in total. The normalized spacial score (nSPS) is 10.7. The minimum absolute atomic E-state index is 0.130. The molecule has 0 saturated carbocycles. The van der Waals surface area contributed by atoms with E-state index >= 15 is 0 Å². The fourth-order valence-electron chi connectivity index (χ4n) is 2.20. The molecule has 0 aliphatic heterocycles. The van der Waals surface area contributed by atoms with Gasteiger partial charge in [-0.25, -0.2) is 4.79 Å². The van der Waals surface area contributed by atoms with E-state index in [1.54, 1.807) is 30.4 Å². The van der Waals surface area contributed by atoms with Gasteiger partial charge in [-0.3, -0.25) is 9.59 Å². The van der Waals surface area contributed by atoms with Crippen LogP contribution in [0, 0.1) is 0 Å². The summed E-state index contributed by atoms with van der Waals surface area (Å²) < 4.78 is 15.6. The number of carbonyl (C=O) groups excluding carboxylic acids is 3. The number of hydrogen-bond donors (Lipinski definition) is 0. The first-order valence-electron chi connectivity index (χ1n) is 8.56. The van der Waals surface area contributed by atoms with Crippen LogP contribution in [0.5, 0.6) is 11.5 Å². The standard InChI is InChI=1S/C22H20O6/c23-12-15-26-20-10-8-19(17-21(20)27-16-13-24)9-11-22(25)28-14-4-7-18-5-2-1-3-6-18/h1-13,17H,14-16H2. The van der Waals surface area contributed by atoms with Gasteiger partial charge in [-0.1, -0.05) is 42.5 Å². The van der Waals surface area contributed by atoms with Gasteiger partial charge in [-0.2, -0.15) is 0 Å². The van der Waals surface area contributed by atoms with Gasteiger partial charge in [0.25, 0.3) is 0 Å². The summed E-state index contributed by atoms with van der Waals surface area (Å²) in [7, 11) is 0. The van der Waals surface area contributed by atoms with Crippen LogP contribution >= 0.6 is 0 Å². The Bertz CT molecular complexity index is 839. The SMILES string of the molecule is O=CCOc1ccc(C=CC(=O)OCC=Cc2ccccc2)cc1OCC=O. The van der Waals surface area contributed by atoms with Crippen LogP contribution in [0.25, 0.3) is 12.2 Å². The molecule has 2 aromatic rings. The highest BCUT2D eigenvalue weighted by Gasteiger charge is 2.06. The summed E-state index contributed by atoms with van der Waals surface area (Å²) >= 11 is 0. The molecular weight excluding hydrogens is 360 g/mol. The molecule has 144 valence electrons. The number of carbonyl (C=O) groups is 3. The lowest BCUT2D eigenvalue weighted by molar-refractivity contribution is -0.136. The zero-order valence-corrected chi connectivity index (χ0v) is 15.2. The van der Waals surface area contributed by atoms with Crippen LogP contribution in [0.3, 0.4) is 0 Å². The highest BCUT2D eigenvalue weighted by molar-refractivity contribution is 5.87. The highest BCUT2D eigenvalue weighted by atomic mass is 16.5. The van der Waals surface area contributed by atoms with Crippen molar-refractivity contribution in [1.29, 1.82) is 0 Å². The molecule has 0 amide bonds. The van der Waals surface area contributed by atoms with E-state index < -0.39 is 5.97 Å². The molecule has 0 heterocycles. The Hall–Kier alpha value is -3.67. The molecule has 2 aromatic carbocycles. The molecule has 0 radical (unpaired) electrons. The van der Waals surface area contributed by atoms with E-state index in [9.17, 15) is 14.4 Å².